The molecule has 0 saturated carbocycles. The summed E-state index contributed by atoms with van der Waals surface area (Å²) < 4.78 is 7.69. The molecular weight excluding hydrogens is 480 g/mol. The molecule has 7 heteroatoms. The summed E-state index contributed by atoms with van der Waals surface area (Å²) in [5, 5.41) is 3.98. The second-order valence-corrected chi connectivity index (χ2v) is 6.81. The highest BCUT2D eigenvalue weighted by Crippen LogP contribution is 2.31. The molecule has 0 saturated heterocycles. The number of carbonyl (C=O) groups excluding carboxylic acids is 1. The molecule has 1 N–H and O–H groups in total. The standard InChI is InChI=1S/C15H11Br3N2O2/c1-22-14-9(6-10(16)7-13(14)18)8-19-20-15(21)11-4-2-3-5-12(11)17/h2-8H,1H3,(H,20,21). The van der Waals surface area contributed by atoms with Gasteiger partial charge in [0.05, 0.1) is 23.4 Å². The van der Waals surface area contributed by atoms with Crippen molar-refractivity contribution in [2.75, 3.05) is 7.11 Å². The van der Waals surface area contributed by atoms with E-state index in [0.717, 1.165) is 14.5 Å². The van der Waals surface area contributed by atoms with Crippen LogP contribution in [0.25, 0.3) is 0 Å². The Hall–Kier alpha value is -1.18. The van der Waals surface area contributed by atoms with E-state index < -0.39 is 0 Å². The molecule has 0 atom stereocenters. The summed E-state index contributed by atoms with van der Waals surface area (Å²) in [5.74, 6) is 0.346. The van der Waals surface area contributed by atoms with Crippen LogP contribution in [0.15, 0.2) is 54.9 Å². The number of hydrogen-bond donors (Lipinski definition) is 1. The van der Waals surface area contributed by atoms with Crippen molar-refractivity contribution in [2.24, 2.45) is 5.10 Å². The minimum absolute atomic E-state index is 0.295. The van der Waals surface area contributed by atoms with Gasteiger partial charge in [-0.15, -0.1) is 0 Å². The number of rotatable bonds is 4. The maximum atomic E-state index is 12.0. The molecule has 1 amide bonds. The van der Waals surface area contributed by atoms with Gasteiger partial charge in [-0.1, -0.05) is 28.1 Å². The number of amides is 1. The van der Waals surface area contributed by atoms with E-state index in [4.69, 9.17) is 4.74 Å². The van der Waals surface area contributed by atoms with Crippen LogP contribution in [0.3, 0.4) is 0 Å². The van der Waals surface area contributed by atoms with Crippen LogP contribution in [-0.4, -0.2) is 19.2 Å². The first-order chi connectivity index (χ1) is 10.5. The molecule has 0 spiro atoms. The lowest BCUT2D eigenvalue weighted by Gasteiger charge is -2.08. The zero-order chi connectivity index (χ0) is 16.1. The second-order valence-electron chi connectivity index (χ2n) is 4.19. The summed E-state index contributed by atoms with van der Waals surface area (Å²) >= 11 is 10.1. The topological polar surface area (TPSA) is 50.7 Å². The van der Waals surface area contributed by atoms with Crippen LogP contribution in [0.5, 0.6) is 5.75 Å². The first-order valence-corrected chi connectivity index (χ1v) is 8.51. The quantitative estimate of drug-likeness (QED) is 0.497. The zero-order valence-electron chi connectivity index (χ0n) is 11.4. The van der Waals surface area contributed by atoms with Gasteiger partial charge in [-0.2, -0.15) is 5.10 Å². The van der Waals surface area contributed by atoms with Crippen molar-refractivity contribution in [1.29, 1.82) is 0 Å². The number of hydrazone groups is 1. The molecular formula is C15H11Br3N2O2. The van der Waals surface area contributed by atoms with Crippen LogP contribution < -0.4 is 10.2 Å². The van der Waals surface area contributed by atoms with Crippen LogP contribution in [0.1, 0.15) is 15.9 Å². The van der Waals surface area contributed by atoms with Crippen LogP contribution in [0, 0.1) is 0 Å². The molecule has 0 fully saturated rings. The number of carbonyl (C=O) groups is 1. The van der Waals surface area contributed by atoms with Crippen molar-refractivity contribution >= 4 is 59.9 Å². The minimum atomic E-state index is -0.295. The molecule has 4 nitrogen and oxygen atoms in total. The Morgan fingerprint density at radius 1 is 1.18 bits per heavy atom. The molecule has 2 aromatic rings. The molecule has 0 radical (unpaired) electrons. The molecule has 2 rings (SSSR count). The van der Waals surface area contributed by atoms with E-state index in [0.29, 0.717) is 15.8 Å². The van der Waals surface area contributed by atoms with Crippen molar-refractivity contribution in [2.45, 2.75) is 0 Å². The van der Waals surface area contributed by atoms with Gasteiger partial charge < -0.3 is 4.74 Å². The van der Waals surface area contributed by atoms with E-state index in [1.807, 2.05) is 18.2 Å². The fourth-order valence-electron chi connectivity index (χ4n) is 1.76. The monoisotopic (exact) mass is 488 g/mol. The molecule has 0 aliphatic carbocycles. The highest BCUT2D eigenvalue weighted by Gasteiger charge is 2.09. The lowest BCUT2D eigenvalue weighted by atomic mass is 10.2. The highest BCUT2D eigenvalue weighted by molar-refractivity contribution is 9.11. The van der Waals surface area contributed by atoms with Gasteiger partial charge >= 0.3 is 0 Å². The average molecular weight is 491 g/mol. The Labute approximate surface area is 153 Å². The van der Waals surface area contributed by atoms with Gasteiger partial charge in [0, 0.05) is 14.5 Å². The SMILES string of the molecule is COc1c(Br)cc(Br)cc1C=NNC(=O)c1ccccc1Br. The van der Waals surface area contributed by atoms with Crippen LogP contribution in [0.4, 0.5) is 0 Å². The fourth-order valence-corrected chi connectivity index (χ4v) is 3.64. The van der Waals surface area contributed by atoms with Gasteiger partial charge in [0.25, 0.3) is 5.91 Å². The predicted octanol–water partition coefficient (Wildman–Crippen LogP) is 4.75. The third kappa shape index (κ3) is 4.18. The van der Waals surface area contributed by atoms with Gasteiger partial charge in [0.1, 0.15) is 5.75 Å². The maximum absolute atomic E-state index is 12.0. The third-order valence-corrected chi connectivity index (χ3v) is 4.47. The third-order valence-electron chi connectivity index (χ3n) is 2.73. The molecule has 0 aromatic heterocycles. The van der Waals surface area contributed by atoms with E-state index in [1.54, 1.807) is 25.3 Å². The van der Waals surface area contributed by atoms with E-state index in [2.05, 4.69) is 58.3 Å². The Kier molecular flexibility index (Phi) is 6.16. The molecule has 0 bridgehead atoms. The largest absolute Gasteiger partial charge is 0.495 e. The number of nitrogens with zero attached hydrogens (tertiary/aromatic N) is 1. The summed E-state index contributed by atoms with van der Waals surface area (Å²) in [6.07, 6.45) is 1.53. The fraction of sp³-hybridized carbons (Fsp3) is 0.0667. The Morgan fingerprint density at radius 3 is 2.59 bits per heavy atom. The molecule has 22 heavy (non-hydrogen) atoms. The molecule has 0 unspecified atom stereocenters. The predicted molar refractivity (Wildman–Crippen MR) is 97.6 cm³/mol. The summed E-state index contributed by atoms with van der Waals surface area (Å²) in [4.78, 5) is 12.0. The van der Waals surface area contributed by atoms with Crippen molar-refractivity contribution in [3.8, 4) is 5.75 Å². The van der Waals surface area contributed by atoms with Gasteiger partial charge in [0.15, 0.2) is 0 Å². The lowest BCUT2D eigenvalue weighted by molar-refractivity contribution is 0.0954. The number of halogens is 3. The summed E-state index contributed by atoms with van der Waals surface area (Å²) in [5.41, 5.74) is 3.74. The van der Waals surface area contributed by atoms with E-state index in [-0.39, 0.29) is 5.91 Å². The first kappa shape index (κ1) is 17.2. The maximum Gasteiger partial charge on any atom is 0.272 e. The summed E-state index contributed by atoms with van der Waals surface area (Å²) in [7, 11) is 1.57. The summed E-state index contributed by atoms with van der Waals surface area (Å²) in [6.45, 7) is 0. The number of methoxy groups -OCH3 is 1. The second kappa shape index (κ2) is 7.89. The van der Waals surface area contributed by atoms with Gasteiger partial charge in [-0.3, -0.25) is 4.79 Å². The minimum Gasteiger partial charge on any atom is -0.495 e. The zero-order valence-corrected chi connectivity index (χ0v) is 16.2. The molecule has 2 aromatic carbocycles. The van der Waals surface area contributed by atoms with Crippen LogP contribution in [-0.2, 0) is 0 Å². The van der Waals surface area contributed by atoms with Crippen molar-refractivity contribution in [3.05, 3.63) is 60.9 Å². The Bertz CT molecular complexity index is 733. The first-order valence-electron chi connectivity index (χ1n) is 6.14. The van der Waals surface area contributed by atoms with E-state index >= 15 is 0 Å². The lowest BCUT2D eigenvalue weighted by Crippen LogP contribution is -2.18. The number of hydrogen-bond acceptors (Lipinski definition) is 3. The Balaban J connectivity index is 2.17. The smallest absolute Gasteiger partial charge is 0.272 e. The van der Waals surface area contributed by atoms with E-state index in [1.165, 1.54) is 6.21 Å². The Morgan fingerprint density at radius 2 is 1.91 bits per heavy atom. The number of ether oxygens (including phenoxy) is 1. The molecule has 0 aliphatic rings. The summed E-state index contributed by atoms with van der Waals surface area (Å²) in [6, 6.07) is 10.9. The number of benzene rings is 2. The normalized spacial score (nSPS) is 10.7. The van der Waals surface area contributed by atoms with Crippen LogP contribution in [0.2, 0.25) is 0 Å². The molecule has 114 valence electrons. The van der Waals surface area contributed by atoms with Crippen molar-refractivity contribution < 1.29 is 9.53 Å². The molecule has 0 heterocycles. The van der Waals surface area contributed by atoms with Gasteiger partial charge in [-0.05, 0) is 56.1 Å². The van der Waals surface area contributed by atoms with Gasteiger partial charge in [-0.25, -0.2) is 5.43 Å². The van der Waals surface area contributed by atoms with Crippen molar-refractivity contribution in [1.82, 2.24) is 5.43 Å². The highest BCUT2D eigenvalue weighted by atomic mass is 79.9. The molecule has 0 aliphatic heterocycles. The van der Waals surface area contributed by atoms with Gasteiger partial charge in [0.2, 0.25) is 0 Å². The average Bonchev–Trinajstić information content (AvgIpc) is 2.47. The van der Waals surface area contributed by atoms with E-state index in [9.17, 15) is 4.79 Å². The van der Waals surface area contributed by atoms with Crippen molar-refractivity contribution in [3.63, 3.8) is 0 Å². The number of nitrogens with one attached hydrogen (secondary N) is 1. The van der Waals surface area contributed by atoms with Crippen LogP contribution >= 0.6 is 47.8 Å².